The lowest BCUT2D eigenvalue weighted by Crippen LogP contribution is -2.49. The summed E-state index contributed by atoms with van der Waals surface area (Å²) < 4.78 is 8.55. The van der Waals surface area contributed by atoms with Gasteiger partial charge < -0.3 is 9.84 Å². The van der Waals surface area contributed by atoms with Gasteiger partial charge >= 0.3 is 0 Å². The molecule has 2 aliphatic carbocycles. The highest BCUT2D eigenvalue weighted by molar-refractivity contribution is 9.10. The highest BCUT2D eigenvalue weighted by Gasteiger charge is 2.68. The highest BCUT2D eigenvalue weighted by Crippen LogP contribution is 2.64. The van der Waals surface area contributed by atoms with E-state index in [-0.39, 0.29) is 41.5 Å². The minimum absolute atomic E-state index is 0.0963. The number of hydrogen-bond acceptors (Lipinski definition) is 8. The van der Waals surface area contributed by atoms with E-state index in [4.69, 9.17) is 21.4 Å². The molecule has 6 unspecified atom stereocenters. The number of thiophene rings is 1. The van der Waals surface area contributed by atoms with Crippen LogP contribution in [0.2, 0.25) is 5.02 Å². The summed E-state index contributed by atoms with van der Waals surface area (Å²) in [5, 5.41) is 17.3. The molecule has 0 spiro atoms. The number of halogens is 2. The molecule has 13 heteroatoms. The van der Waals surface area contributed by atoms with Gasteiger partial charge in [0.25, 0.3) is 0 Å². The maximum absolute atomic E-state index is 15.2. The predicted molar refractivity (Wildman–Crippen MR) is 219 cm³/mol. The van der Waals surface area contributed by atoms with Crippen molar-refractivity contribution in [3.63, 3.8) is 0 Å². The number of nitrogens with zero attached hydrogens (tertiary/aromatic N) is 4. The van der Waals surface area contributed by atoms with Gasteiger partial charge in [-0.3, -0.25) is 28.8 Å². The van der Waals surface area contributed by atoms with Crippen LogP contribution in [0.4, 0.5) is 11.5 Å². The number of hydrogen-bond donors (Lipinski definition) is 1. The Morgan fingerprint density at radius 3 is 2.46 bits per heavy atom. The Hall–Kier alpha value is -4.78. The molecule has 56 heavy (non-hydrogen) atoms. The third kappa shape index (κ3) is 5.14. The standard InChI is InChI=1S/C43H38BrClN4O6S/c1-6-21-7-10-24(11-8-21)48-39(51)26-13-12-25-28(35(26)41(48)53)18-29-40(52)49(42(54)43(29,3)36(25)22-15-30(44)37(50)32(16-22)55-5)34-19-31(46-47(34)4)38-20(2)27-17-23(45)9-14-33(27)56-38/h7-12,14-17,19,26,28-29,35-36,50H,6,13,18H2,1-5H3. The third-order valence-corrected chi connectivity index (χ3v) is 14.8. The molecule has 3 fully saturated rings. The molecule has 4 amide bonds. The molecule has 9 rings (SSSR count). The minimum atomic E-state index is -1.30. The maximum Gasteiger partial charge on any atom is 0.242 e. The van der Waals surface area contributed by atoms with Crippen LogP contribution >= 0.6 is 38.9 Å². The largest absolute Gasteiger partial charge is 0.503 e. The van der Waals surface area contributed by atoms with Gasteiger partial charge in [-0.1, -0.05) is 42.3 Å². The summed E-state index contributed by atoms with van der Waals surface area (Å²) >= 11 is 11.4. The minimum Gasteiger partial charge on any atom is -0.503 e. The lowest BCUT2D eigenvalue weighted by Gasteiger charge is -2.49. The summed E-state index contributed by atoms with van der Waals surface area (Å²) in [4.78, 5) is 62.3. The van der Waals surface area contributed by atoms with E-state index in [1.807, 2.05) is 69.3 Å². The normalized spacial score (nSPS) is 25.8. The molecule has 10 nitrogen and oxygen atoms in total. The average molecular weight is 854 g/mol. The quantitative estimate of drug-likeness (QED) is 0.134. The molecule has 0 radical (unpaired) electrons. The first-order valence-electron chi connectivity index (χ1n) is 18.6. The van der Waals surface area contributed by atoms with Crippen LogP contribution in [0.5, 0.6) is 11.5 Å². The number of phenolic OH excluding ortho intramolecular Hbond substituents is 1. The van der Waals surface area contributed by atoms with Gasteiger partial charge in [0.1, 0.15) is 11.5 Å². The third-order valence-electron chi connectivity index (χ3n) is 12.7. The highest BCUT2D eigenvalue weighted by atomic mass is 79.9. The fourth-order valence-corrected chi connectivity index (χ4v) is 11.7. The van der Waals surface area contributed by atoms with Crippen molar-refractivity contribution in [3.8, 4) is 22.1 Å². The van der Waals surface area contributed by atoms with E-state index >= 15 is 4.79 Å². The van der Waals surface area contributed by atoms with Gasteiger partial charge in [0.15, 0.2) is 11.5 Å². The number of benzene rings is 3. The molecular weight excluding hydrogens is 816 g/mol. The Morgan fingerprint density at radius 2 is 1.75 bits per heavy atom. The van der Waals surface area contributed by atoms with Gasteiger partial charge in [0.05, 0.1) is 45.3 Å². The molecule has 4 aliphatic rings. The number of allylic oxidation sites excluding steroid dienone is 2. The number of amides is 4. The number of imide groups is 2. The second-order valence-corrected chi connectivity index (χ2v) is 17.8. The van der Waals surface area contributed by atoms with Crippen LogP contribution in [-0.2, 0) is 32.6 Å². The van der Waals surface area contributed by atoms with Crippen LogP contribution in [0.15, 0.2) is 76.8 Å². The smallest absolute Gasteiger partial charge is 0.242 e. The molecule has 2 saturated heterocycles. The van der Waals surface area contributed by atoms with Gasteiger partial charge in [-0.2, -0.15) is 5.10 Å². The van der Waals surface area contributed by atoms with Crippen molar-refractivity contribution in [1.82, 2.24) is 9.78 Å². The Balaban J connectivity index is 1.16. The molecule has 2 aromatic heterocycles. The zero-order chi connectivity index (χ0) is 39.5. The molecule has 4 heterocycles. The number of aryl methyl sites for hydroxylation is 3. The molecule has 286 valence electrons. The van der Waals surface area contributed by atoms with Crippen molar-refractivity contribution < 1.29 is 29.0 Å². The van der Waals surface area contributed by atoms with E-state index < -0.39 is 35.0 Å². The number of rotatable bonds is 6. The van der Waals surface area contributed by atoms with Crippen LogP contribution in [0, 0.1) is 36.0 Å². The van der Waals surface area contributed by atoms with Crippen molar-refractivity contribution >= 4 is 84.1 Å². The van der Waals surface area contributed by atoms with Crippen LogP contribution in [0.3, 0.4) is 0 Å². The van der Waals surface area contributed by atoms with Crippen LogP contribution in [-0.4, -0.2) is 45.6 Å². The van der Waals surface area contributed by atoms with Gasteiger partial charge in [-0.15, -0.1) is 11.3 Å². The van der Waals surface area contributed by atoms with Gasteiger partial charge in [-0.25, -0.2) is 4.90 Å². The molecule has 6 atom stereocenters. The first-order valence-corrected chi connectivity index (χ1v) is 20.6. The molecule has 3 aromatic carbocycles. The zero-order valence-corrected chi connectivity index (χ0v) is 34.5. The van der Waals surface area contributed by atoms with E-state index in [2.05, 4.69) is 15.9 Å². The Bertz CT molecular complexity index is 2580. The number of aromatic hydroxyl groups is 1. The van der Waals surface area contributed by atoms with Crippen LogP contribution in [0.25, 0.3) is 20.7 Å². The summed E-state index contributed by atoms with van der Waals surface area (Å²) in [6.07, 6.45) is 3.36. The fraction of sp³-hybridized carbons (Fsp3) is 0.326. The lowest BCUT2D eigenvalue weighted by molar-refractivity contribution is -0.131. The number of anilines is 2. The molecular formula is C43H38BrClN4O6S. The molecule has 0 bridgehead atoms. The Labute approximate surface area is 340 Å². The van der Waals surface area contributed by atoms with Crippen molar-refractivity contribution in [2.24, 2.45) is 36.1 Å². The number of aromatic nitrogens is 2. The van der Waals surface area contributed by atoms with Crippen molar-refractivity contribution in [2.45, 2.75) is 46.0 Å². The number of phenols is 1. The maximum atomic E-state index is 15.2. The predicted octanol–water partition coefficient (Wildman–Crippen LogP) is 8.74. The number of carbonyl (C=O) groups excluding carboxylic acids is 4. The average Bonchev–Trinajstić information content (AvgIpc) is 3.86. The van der Waals surface area contributed by atoms with Crippen LogP contribution in [0.1, 0.15) is 49.3 Å². The first-order chi connectivity index (χ1) is 26.8. The molecule has 1 saturated carbocycles. The Morgan fingerprint density at radius 1 is 1.00 bits per heavy atom. The van der Waals surface area contributed by atoms with Gasteiger partial charge in [0.2, 0.25) is 23.6 Å². The van der Waals surface area contributed by atoms with Crippen molar-refractivity contribution in [3.05, 3.63) is 98.5 Å². The summed E-state index contributed by atoms with van der Waals surface area (Å²) in [5.41, 5.74) is 3.43. The zero-order valence-electron chi connectivity index (χ0n) is 31.3. The fourth-order valence-electron chi connectivity index (χ4n) is 9.88. The Kier molecular flexibility index (Phi) is 8.64. The van der Waals surface area contributed by atoms with Crippen molar-refractivity contribution in [1.29, 1.82) is 0 Å². The van der Waals surface area contributed by atoms with E-state index in [1.165, 1.54) is 16.9 Å². The monoisotopic (exact) mass is 852 g/mol. The second kappa shape index (κ2) is 13.1. The molecule has 5 aromatic rings. The summed E-state index contributed by atoms with van der Waals surface area (Å²) in [6, 6.07) is 18.5. The van der Waals surface area contributed by atoms with Gasteiger partial charge in [-0.05, 0) is 119 Å². The van der Waals surface area contributed by atoms with Crippen LogP contribution < -0.4 is 14.5 Å². The number of ether oxygens (including phenoxy) is 1. The topological polar surface area (TPSA) is 122 Å². The van der Waals surface area contributed by atoms with E-state index in [9.17, 15) is 19.5 Å². The van der Waals surface area contributed by atoms with E-state index in [0.717, 1.165) is 38.1 Å². The molecule has 2 aliphatic heterocycles. The summed E-state index contributed by atoms with van der Waals surface area (Å²) in [6.45, 7) is 5.89. The summed E-state index contributed by atoms with van der Waals surface area (Å²) in [5.74, 6) is -4.23. The second-order valence-electron chi connectivity index (χ2n) is 15.5. The first kappa shape index (κ1) is 36.8. The summed E-state index contributed by atoms with van der Waals surface area (Å²) in [7, 11) is 3.17. The van der Waals surface area contributed by atoms with E-state index in [1.54, 1.807) is 41.3 Å². The number of carbonyl (C=O) groups is 4. The van der Waals surface area contributed by atoms with Crippen molar-refractivity contribution in [2.75, 3.05) is 16.9 Å². The SMILES string of the molecule is CCc1ccc(N2C(=O)C3CC=C4C(CC5C(=O)N(c6cc(-c7sc8ccc(Cl)cc8c7C)nn6C)C(=O)C5(C)C4c4cc(Br)c(O)c(OC)c4)C3C2=O)cc1. The number of methoxy groups -OCH3 is 1. The van der Waals surface area contributed by atoms with E-state index in [0.29, 0.717) is 38.7 Å². The van der Waals surface area contributed by atoms with Gasteiger partial charge in [0, 0.05) is 28.8 Å². The lowest BCUT2D eigenvalue weighted by atomic mass is 9.51. The number of fused-ring (bicyclic) bond motifs is 5. The molecule has 1 N–H and O–H groups in total.